The lowest BCUT2D eigenvalue weighted by Gasteiger charge is -2.15. The van der Waals surface area contributed by atoms with E-state index in [1.807, 2.05) is 0 Å². The Kier molecular flexibility index (Phi) is 6.84. The number of benzene rings is 3. The van der Waals surface area contributed by atoms with Crippen molar-refractivity contribution >= 4 is 27.3 Å². The van der Waals surface area contributed by atoms with E-state index in [2.05, 4.69) is 10.0 Å². The fraction of sp³-hybridized carbons (Fsp3) is 0.136. The third-order valence-electron chi connectivity index (χ3n) is 4.47. The predicted molar refractivity (Wildman–Crippen MR) is 118 cm³/mol. The second-order valence-corrected chi connectivity index (χ2v) is 8.15. The molecule has 168 valence electrons. The van der Waals surface area contributed by atoms with Crippen molar-refractivity contribution in [1.29, 1.82) is 0 Å². The molecule has 0 saturated heterocycles. The summed E-state index contributed by atoms with van der Waals surface area (Å²) in [5, 5.41) is 2.69. The molecule has 0 unspecified atom stereocenters. The number of nitrogens with one attached hydrogen (secondary N) is 2. The third-order valence-corrected chi connectivity index (χ3v) is 5.85. The molecule has 1 amide bonds. The minimum atomic E-state index is -4.03. The molecule has 3 aromatic carbocycles. The van der Waals surface area contributed by atoms with E-state index in [4.69, 9.17) is 14.2 Å². The van der Waals surface area contributed by atoms with Gasteiger partial charge >= 0.3 is 0 Å². The summed E-state index contributed by atoms with van der Waals surface area (Å²) < 4.78 is 56.6. The summed E-state index contributed by atoms with van der Waals surface area (Å²) in [5.41, 5.74) is 0.626. The fourth-order valence-corrected chi connectivity index (χ4v) is 4.01. The SMILES string of the molecule is COc1ccc(NC(=O)c2cccc(OC)c2OC)cc1NS(=O)(=O)c1ccc(F)cc1. The Morgan fingerprint density at radius 2 is 1.56 bits per heavy atom. The lowest BCUT2D eigenvalue weighted by molar-refractivity contribution is 0.102. The molecule has 8 nitrogen and oxygen atoms in total. The van der Waals surface area contributed by atoms with Crippen molar-refractivity contribution in [3.05, 3.63) is 72.0 Å². The van der Waals surface area contributed by atoms with Crippen molar-refractivity contribution in [1.82, 2.24) is 0 Å². The molecule has 0 radical (unpaired) electrons. The second kappa shape index (κ2) is 9.56. The Labute approximate surface area is 185 Å². The van der Waals surface area contributed by atoms with Crippen molar-refractivity contribution in [3.8, 4) is 17.2 Å². The van der Waals surface area contributed by atoms with E-state index in [9.17, 15) is 17.6 Å². The number of halogens is 1. The van der Waals surface area contributed by atoms with Gasteiger partial charge in [-0.05, 0) is 54.6 Å². The fourth-order valence-electron chi connectivity index (χ4n) is 2.95. The number of methoxy groups -OCH3 is 3. The molecule has 0 aliphatic heterocycles. The highest BCUT2D eigenvalue weighted by molar-refractivity contribution is 7.92. The van der Waals surface area contributed by atoms with Crippen molar-refractivity contribution in [2.75, 3.05) is 31.4 Å². The largest absolute Gasteiger partial charge is 0.495 e. The van der Waals surface area contributed by atoms with Crippen LogP contribution in [0.15, 0.2) is 65.6 Å². The van der Waals surface area contributed by atoms with Gasteiger partial charge in [-0.1, -0.05) is 6.07 Å². The quantitative estimate of drug-likeness (QED) is 0.529. The number of carbonyl (C=O) groups excluding carboxylic acids is 1. The number of hydrogen-bond donors (Lipinski definition) is 2. The van der Waals surface area contributed by atoms with Crippen molar-refractivity contribution in [2.24, 2.45) is 0 Å². The van der Waals surface area contributed by atoms with E-state index in [1.54, 1.807) is 24.3 Å². The molecule has 32 heavy (non-hydrogen) atoms. The zero-order valence-electron chi connectivity index (χ0n) is 17.5. The summed E-state index contributed by atoms with van der Waals surface area (Å²) in [6.45, 7) is 0. The normalized spacial score (nSPS) is 10.9. The minimum Gasteiger partial charge on any atom is -0.495 e. The van der Waals surface area contributed by atoms with E-state index in [-0.39, 0.29) is 27.6 Å². The Hall–Kier alpha value is -3.79. The Balaban J connectivity index is 1.90. The summed E-state index contributed by atoms with van der Waals surface area (Å²) in [6.07, 6.45) is 0. The maximum atomic E-state index is 13.1. The predicted octanol–water partition coefficient (Wildman–Crippen LogP) is 3.90. The summed E-state index contributed by atoms with van der Waals surface area (Å²) in [5.74, 6) is -0.161. The summed E-state index contributed by atoms with van der Waals surface area (Å²) in [7, 11) is 0.236. The van der Waals surface area contributed by atoms with Crippen LogP contribution in [0, 0.1) is 5.82 Å². The van der Waals surface area contributed by atoms with E-state index in [0.29, 0.717) is 11.4 Å². The summed E-state index contributed by atoms with van der Waals surface area (Å²) in [4.78, 5) is 12.7. The molecule has 0 saturated carbocycles. The summed E-state index contributed by atoms with van der Waals surface area (Å²) in [6, 6.07) is 13.7. The van der Waals surface area contributed by atoms with Crippen molar-refractivity contribution in [3.63, 3.8) is 0 Å². The monoisotopic (exact) mass is 460 g/mol. The van der Waals surface area contributed by atoms with Crippen LogP contribution in [0.3, 0.4) is 0 Å². The number of ether oxygens (including phenoxy) is 3. The lowest BCUT2D eigenvalue weighted by Crippen LogP contribution is -2.16. The van der Waals surface area contributed by atoms with Gasteiger partial charge in [0.15, 0.2) is 11.5 Å². The first-order valence-corrected chi connectivity index (χ1v) is 10.8. The average molecular weight is 460 g/mol. The van der Waals surface area contributed by atoms with Crippen LogP contribution in [0.1, 0.15) is 10.4 Å². The van der Waals surface area contributed by atoms with Crippen molar-refractivity contribution in [2.45, 2.75) is 4.90 Å². The molecule has 10 heteroatoms. The Bertz CT molecular complexity index is 1230. The van der Waals surface area contributed by atoms with Gasteiger partial charge in [0.1, 0.15) is 11.6 Å². The Morgan fingerprint density at radius 3 is 2.19 bits per heavy atom. The number of hydrogen-bond acceptors (Lipinski definition) is 6. The molecule has 0 aromatic heterocycles. The van der Waals surface area contributed by atoms with Gasteiger partial charge in [-0.15, -0.1) is 0 Å². The highest BCUT2D eigenvalue weighted by Crippen LogP contribution is 2.33. The smallest absolute Gasteiger partial charge is 0.262 e. The standard InChI is InChI=1S/C22H21FN2O6S/c1-29-19-12-9-15(24-22(26)17-5-4-6-20(30-2)21(17)31-3)13-18(19)25-32(27,28)16-10-7-14(23)8-11-16/h4-13,25H,1-3H3,(H,24,26). The molecule has 3 rings (SSSR count). The van der Waals surface area contributed by atoms with Gasteiger partial charge in [0.25, 0.3) is 15.9 Å². The zero-order chi connectivity index (χ0) is 23.3. The number of anilines is 2. The molecule has 0 atom stereocenters. The first-order valence-electron chi connectivity index (χ1n) is 9.28. The van der Waals surface area contributed by atoms with E-state index < -0.39 is 21.7 Å². The maximum Gasteiger partial charge on any atom is 0.262 e. The van der Waals surface area contributed by atoms with Crippen LogP contribution in [0.2, 0.25) is 0 Å². The number of amides is 1. The van der Waals surface area contributed by atoms with E-state index in [0.717, 1.165) is 24.3 Å². The lowest BCUT2D eigenvalue weighted by atomic mass is 10.1. The molecular formula is C22H21FN2O6S. The van der Waals surface area contributed by atoms with Crippen LogP contribution in [-0.2, 0) is 10.0 Å². The molecular weight excluding hydrogens is 439 g/mol. The van der Waals surface area contributed by atoms with Gasteiger partial charge in [-0.2, -0.15) is 0 Å². The number of carbonyl (C=O) groups is 1. The molecule has 0 aliphatic carbocycles. The highest BCUT2D eigenvalue weighted by atomic mass is 32.2. The maximum absolute atomic E-state index is 13.1. The van der Waals surface area contributed by atoms with Gasteiger partial charge in [0, 0.05) is 5.69 Å². The number of rotatable bonds is 8. The molecule has 0 spiro atoms. The van der Waals surface area contributed by atoms with Crippen LogP contribution < -0.4 is 24.2 Å². The van der Waals surface area contributed by atoms with Crippen LogP contribution in [0.5, 0.6) is 17.2 Å². The van der Waals surface area contributed by atoms with Crippen molar-refractivity contribution < 1.29 is 31.8 Å². The van der Waals surface area contributed by atoms with Gasteiger partial charge in [0.2, 0.25) is 0 Å². The number of sulfonamides is 1. The molecule has 0 fully saturated rings. The molecule has 3 aromatic rings. The van der Waals surface area contributed by atoms with E-state index in [1.165, 1.54) is 33.5 Å². The van der Waals surface area contributed by atoms with Gasteiger partial charge in [-0.3, -0.25) is 9.52 Å². The second-order valence-electron chi connectivity index (χ2n) is 6.47. The molecule has 2 N–H and O–H groups in total. The van der Waals surface area contributed by atoms with Crippen LogP contribution in [0.25, 0.3) is 0 Å². The van der Waals surface area contributed by atoms with Crippen LogP contribution in [0.4, 0.5) is 15.8 Å². The first-order chi connectivity index (χ1) is 15.3. The number of para-hydroxylation sites is 1. The van der Waals surface area contributed by atoms with Gasteiger partial charge in [0.05, 0.1) is 37.5 Å². The van der Waals surface area contributed by atoms with Crippen LogP contribution >= 0.6 is 0 Å². The third kappa shape index (κ3) is 4.92. The average Bonchev–Trinajstić information content (AvgIpc) is 2.78. The zero-order valence-corrected chi connectivity index (χ0v) is 18.3. The first kappa shape index (κ1) is 22.9. The van der Waals surface area contributed by atoms with Gasteiger partial charge in [-0.25, -0.2) is 12.8 Å². The minimum absolute atomic E-state index is 0.0900. The van der Waals surface area contributed by atoms with Crippen LogP contribution in [-0.4, -0.2) is 35.7 Å². The van der Waals surface area contributed by atoms with E-state index >= 15 is 0 Å². The summed E-state index contributed by atoms with van der Waals surface area (Å²) >= 11 is 0. The molecule has 0 heterocycles. The highest BCUT2D eigenvalue weighted by Gasteiger charge is 2.19. The molecule has 0 aliphatic rings. The molecule has 0 bridgehead atoms. The van der Waals surface area contributed by atoms with Gasteiger partial charge < -0.3 is 19.5 Å². The topological polar surface area (TPSA) is 103 Å². The Morgan fingerprint density at radius 1 is 0.875 bits per heavy atom.